The summed E-state index contributed by atoms with van der Waals surface area (Å²) in [5, 5.41) is 6.11. The van der Waals surface area contributed by atoms with Crippen LogP contribution in [-0.2, 0) is 15.1 Å². The normalized spacial score (nSPS) is 19.6. The van der Waals surface area contributed by atoms with Crippen LogP contribution in [0.2, 0.25) is 10.0 Å². The first kappa shape index (κ1) is 22.1. The molecule has 2 aromatic rings. The third-order valence-electron chi connectivity index (χ3n) is 5.48. The molecule has 30 heavy (non-hydrogen) atoms. The number of benzene rings is 2. The molecule has 1 aliphatic heterocycles. The molecule has 2 aromatic carbocycles. The zero-order chi connectivity index (χ0) is 22.2. The van der Waals surface area contributed by atoms with E-state index in [4.69, 9.17) is 23.2 Å². The number of hydrogen-bond acceptors (Lipinski definition) is 3. The number of carbonyl (C=O) groups is 3. The van der Waals surface area contributed by atoms with Crippen molar-refractivity contribution in [1.29, 1.82) is 0 Å². The zero-order valence-corrected chi connectivity index (χ0v) is 18.7. The Morgan fingerprint density at radius 2 is 1.80 bits per heavy atom. The molecule has 1 heterocycles. The first-order valence-corrected chi connectivity index (χ1v) is 10.2. The van der Waals surface area contributed by atoms with Crippen molar-refractivity contribution in [2.75, 3.05) is 6.54 Å². The number of hydrogen-bond donors (Lipinski definition) is 2. The highest BCUT2D eigenvalue weighted by atomic mass is 35.5. The molecule has 0 spiro atoms. The van der Waals surface area contributed by atoms with E-state index in [-0.39, 0.29) is 17.6 Å². The number of imide groups is 1. The highest BCUT2D eigenvalue weighted by molar-refractivity contribution is 6.42. The molecule has 0 aliphatic carbocycles. The SMILES string of the molecule is Cc1ccc([C@H](C)NC(=O)CN2C(=O)N[C@](C)(c3ccc(Cl)c(Cl)c3)C2=O)cc1C. The van der Waals surface area contributed by atoms with Gasteiger partial charge in [0.2, 0.25) is 5.91 Å². The molecule has 2 atom stereocenters. The quantitative estimate of drug-likeness (QED) is 0.672. The van der Waals surface area contributed by atoms with Crippen molar-refractivity contribution in [3.05, 3.63) is 68.7 Å². The summed E-state index contributed by atoms with van der Waals surface area (Å²) in [6.45, 7) is 7.07. The van der Waals surface area contributed by atoms with Crippen molar-refractivity contribution in [3.8, 4) is 0 Å². The maximum atomic E-state index is 13.0. The smallest absolute Gasteiger partial charge is 0.325 e. The van der Waals surface area contributed by atoms with Crippen LogP contribution in [0.15, 0.2) is 36.4 Å². The molecule has 0 unspecified atom stereocenters. The van der Waals surface area contributed by atoms with Crippen molar-refractivity contribution < 1.29 is 14.4 Å². The van der Waals surface area contributed by atoms with Crippen LogP contribution in [0, 0.1) is 13.8 Å². The van der Waals surface area contributed by atoms with Crippen molar-refractivity contribution >= 4 is 41.0 Å². The van der Waals surface area contributed by atoms with Gasteiger partial charge in [-0.2, -0.15) is 0 Å². The molecule has 6 nitrogen and oxygen atoms in total. The van der Waals surface area contributed by atoms with Gasteiger partial charge in [-0.1, -0.05) is 47.5 Å². The molecule has 1 saturated heterocycles. The maximum absolute atomic E-state index is 13.0. The first-order chi connectivity index (χ1) is 14.0. The lowest BCUT2D eigenvalue weighted by molar-refractivity contribution is -0.135. The molecule has 0 bridgehead atoms. The summed E-state index contributed by atoms with van der Waals surface area (Å²) in [6.07, 6.45) is 0. The van der Waals surface area contributed by atoms with E-state index in [0.717, 1.165) is 21.6 Å². The lowest BCUT2D eigenvalue weighted by Gasteiger charge is -2.23. The number of nitrogens with zero attached hydrogens (tertiary/aromatic N) is 1. The van der Waals surface area contributed by atoms with E-state index in [1.807, 2.05) is 39.0 Å². The predicted molar refractivity (Wildman–Crippen MR) is 117 cm³/mol. The van der Waals surface area contributed by atoms with Gasteiger partial charge in [-0.15, -0.1) is 0 Å². The highest BCUT2D eigenvalue weighted by Crippen LogP contribution is 2.33. The molecule has 158 valence electrons. The number of halogens is 2. The minimum absolute atomic E-state index is 0.265. The minimum Gasteiger partial charge on any atom is -0.348 e. The molecule has 2 N–H and O–H groups in total. The molecule has 1 aliphatic rings. The van der Waals surface area contributed by atoms with Crippen molar-refractivity contribution in [1.82, 2.24) is 15.5 Å². The third kappa shape index (κ3) is 4.16. The van der Waals surface area contributed by atoms with Crippen LogP contribution >= 0.6 is 23.2 Å². The molecule has 4 amide bonds. The Bertz CT molecular complexity index is 1040. The Hall–Kier alpha value is -2.57. The van der Waals surface area contributed by atoms with E-state index in [0.29, 0.717) is 10.6 Å². The fourth-order valence-corrected chi connectivity index (χ4v) is 3.69. The first-order valence-electron chi connectivity index (χ1n) is 9.49. The van der Waals surface area contributed by atoms with E-state index in [9.17, 15) is 14.4 Å². The van der Waals surface area contributed by atoms with E-state index in [1.165, 1.54) is 6.07 Å². The molecule has 8 heteroatoms. The molecular formula is C22H23Cl2N3O3. The fraction of sp³-hybridized carbons (Fsp3) is 0.318. The second-order valence-corrected chi connectivity index (χ2v) is 8.52. The van der Waals surface area contributed by atoms with Crippen LogP contribution in [0.5, 0.6) is 0 Å². The predicted octanol–water partition coefficient (Wildman–Crippen LogP) is 4.25. The molecule has 0 aromatic heterocycles. The number of carbonyl (C=O) groups excluding carboxylic acids is 3. The Labute approximate surface area is 185 Å². The summed E-state index contributed by atoms with van der Waals surface area (Å²) in [7, 11) is 0. The van der Waals surface area contributed by atoms with E-state index in [1.54, 1.807) is 19.1 Å². The van der Waals surface area contributed by atoms with Gasteiger partial charge in [0.25, 0.3) is 5.91 Å². The maximum Gasteiger partial charge on any atom is 0.325 e. The summed E-state index contributed by atoms with van der Waals surface area (Å²) in [4.78, 5) is 38.9. The monoisotopic (exact) mass is 447 g/mol. The highest BCUT2D eigenvalue weighted by Gasteiger charge is 2.49. The topological polar surface area (TPSA) is 78.5 Å². The van der Waals surface area contributed by atoms with Crippen LogP contribution < -0.4 is 10.6 Å². The van der Waals surface area contributed by atoms with Crippen LogP contribution in [-0.4, -0.2) is 29.3 Å². The third-order valence-corrected chi connectivity index (χ3v) is 6.22. The van der Waals surface area contributed by atoms with Crippen LogP contribution in [0.4, 0.5) is 4.79 Å². The molecule has 1 fully saturated rings. The minimum atomic E-state index is -1.33. The van der Waals surface area contributed by atoms with Gasteiger partial charge in [0.15, 0.2) is 0 Å². The standard InChI is InChI=1S/C22H23Cl2N3O3/c1-12-5-6-15(9-13(12)2)14(3)25-19(28)11-27-20(29)22(4,26-21(27)30)16-7-8-17(23)18(24)10-16/h5-10,14H,11H2,1-4H3,(H,25,28)(H,26,30)/t14-,22+/m0/s1. The zero-order valence-electron chi connectivity index (χ0n) is 17.2. The second-order valence-electron chi connectivity index (χ2n) is 7.71. The van der Waals surface area contributed by atoms with Crippen molar-refractivity contribution in [2.45, 2.75) is 39.3 Å². The average Bonchev–Trinajstić information content (AvgIpc) is 2.90. The number of aryl methyl sites for hydroxylation is 2. The van der Waals surface area contributed by atoms with Gasteiger partial charge in [-0.3, -0.25) is 14.5 Å². The van der Waals surface area contributed by atoms with E-state index >= 15 is 0 Å². The average molecular weight is 448 g/mol. The van der Waals surface area contributed by atoms with Gasteiger partial charge in [-0.25, -0.2) is 4.79 Å². The summed E-state index contributed by atoms with van der Waals surface area (Å²) >= 11 is 12.0. The number of nitrogens with one attached hydrogen (secondary N) is 2. The Balaban J connectivity index is 1.72. The van der Waals surface area contributed by atoms with Gasteiger partial charge in [0, 0.05) is 0 Å². The van der Waals surface area contributed by atoms with Gasteiger partial charge in [0.1, 0.15) is 12.1 Å². The fourth-order valence-electron chi connectivity index (χ4n) is 3.39. The Morgan fingerprint density at radius 3 is 2.43 bits per heavy atom. The molecule has 0 saturated carbocycles. The number of urea groups is 1. The molecular weight excluding hydrogens is 425 g/mol. The Kier molecular flexibility index (Phi) is 6.11. The lowest BCUT2D eigenvalue weighted by atomic mass is 9.92. The number of amides is 4. The lowest BCUT2D eigenvalue weighted by Crippen LogP contribution is -2.43. The van der Waals surface area contributed by atoms with Gasteiger partial charge >= 0.3 is 6.03 Å². The van der Waals surface area contributed by atoms with Crippen molar-refractivity contribution in [3.63, 3.8) is 0 Å². The number of rotatable bonds is 5. The van der Waals surface area contributed by atoms with Gasteiger partial charge < -0.3 is 10.6 Å². The molecule has 0 radical (unpaired) electrons. The van der Waals surface area contributed by atoms with E-state index < -0.39 is 23.4 Å². The summed E-state index contributed by atoms with van der Waals surface area (Å²) in [6, 6.07) is 9.77. The summed E-state index contributed by atoms with van der Waals surface area (Å²) in [5.41, 5.74) is 2.40. The largest absolute Gasteiger partial charge is 0.348 e. The second kappa shape index (κ2) is 8.28. The summed E-state index contributed by atoms with van der Waals surface area (Å²) in [5.74, 6) is -0.956. The van der Waals surface area contributed by atoms with Crippen molar-refractivity contribution in [2.24, 2.45) is 0 Å². The van der Waals surface area contributed by atoms with Crippen LogP contribution in [0.3, 0.4) is 0 Å². The van der Waals surface area contributed by atoms with Crippen LogP contribution in [0.25, 0.3) is 0 Å². The molecule has 3 rings (SSSR count). The summed E-state index contributed by atoms with van der Waals surface area (Å²) < 4.78 is 0. The Morgan fingerprint density at radius 1 is 1.10 bits per heavy atom. The van der Waals surface area contributed by atoms with Crippen LogP contribution in [0.1, 0.15) is 42.1 Å². The van der Waals surface area contributed by atoms with Gasteiger partial charge in [0.05, 0.1) is 16.1 Å². The van der Waals surface area contributed by atoms with E-state index in [2.05, 4.69) is 10.6 Å². The van der Waals surface area contributed by atoms with Gasteiger partial charge in [-0.05, 0) is 62.1 Å².